The lowest BCUT2D eigenvalue weighted by atomic mass is 10.1. The van der Waals surface area contributed by atoms with Gasteiger partial charge in [0.25, 0.3) is 0 Å². The number of hydrogen-bond donors (Lipinski definition) is 1. The maximum atomic E-state index is 13.0. The van der Waals surface area contributed by atoms with Crippen LogP contribution in [0.5, 0.6) is 0 Å². The fraction of sp³-hybridized carbons (Fsp3) is 0.375. The van der Waals surface area contributed by atoms with Crippen molar-refractivity contribution < 1.29 is 9.53 Å². The van der Waals surface area contributed by atoms with Crippen molar-refractivity contribution in [2.45, 2.75) is 38.1 Å². The molecule has 1 aromatic heterocycles. The van der Waals surface area contributed by atoms with Gasteiger partial charge in [0, 0.05) is 18.8 Å². The van der Waals surface area contributed by atoms with Crippen LogP contribution in [0.1, 0.15) is 23.6 Å². The maximum absolute atomic E-state index is 13.0. The molecule has 1 amide bonds. The molecule has 0 saturated carbocycles. The van der Waals surface area contributed by atoms with E-state index in [1.54, 1.807) is 0 Å². The van der Waals surface area contributed by atoms with Crippen LogP contribution in [0.2, 0.25) is 0 Å². The van der Waals surface area contributed by atoms with Crippen LogP contribution in [0, 0.1) is 20.8 Å². The first kappa shape index (κ1) is 22.4. The minimum Gasteiger partial charge on any atom is -0.378 e. The van der Waals surface area contributed by atoms with Crippen LogP contribution < -0.4 is 10.2 Å². The smallest absolute Gasteiger partial charge is 0.237 e. The molecule has 1 aliphatic rings. The van der Waals surface area contributed by atoms with E-state index in [0.29, 0.717) is 18.4 Å². The third-order valence-electron chi connectivity index (χ3n) is 5.57. The van der Waals surface area contributed by atoms with Crippen molar-refractivity contribution in [1.29, 1.82) is 0 Å². The zero-order valence-electron chi connectivity index (χ0n) is 19.0. The van der Waals surface area contributed by atoms with Crippen LogP contribution in [-0.4, -0.2) is 52.2 Å². The Morgan fingerprint density at radius 3 is 2.56 bits per heavy atom. The normalized spacial score (nSPS) is 14.9. The number of nitrogens with zero attached hydrogens (tertiary/aromatic N) is 4. The summed E-state index contributed by atoms with van der Waals surface area (Å²) in [5.41, 5.74) is 5.14. The van der Waals surface area contributed by atoms with E-state index in [4.69, 9.17) is 4.74 Å². The number of aromatic nitrogens is 3. The molecule has 3 aromatic rings. The van der Waals surface area contributed by atoms with Crippen LogP contribution in [0.15, 0.2) is 47.6 Å². The number of nitrogens with one attached hydrogen (secondary N) is 1. The Labute approximate surface area is 193 Å². The zero-order chi connectivity index (χ0) is 22.7. The topological polar surface area (TPSA) is 72.3 Å². The lowest BCUT2D eigenvalue weighted by molar-refractivity contribution is -0.115. The van der Waals surface area contributed by atoms with E-state index in [1.165, 1.54) is 11.8 Å². The number of rotatable bonds is 6. The summed E-state index contributed by atoms with van der Waals surface area (Å²) in [4.78, 5) is 15.2. The summed E-state index contributed by atoms with van der Waals surface area (Å²) in [6.45, 7) is 10.8. The molecule has 8 heteroatoms. The Kier molecular flexibility index (Phi) is 6.81. The molecular weight excluding hydrogens is 422 g/mol. The molecule has 1 unspecified atom stereocenters. The van der Waals surface area contributed by atoms with Crippen LogP contribution in [0.4, 0.5) is 11.6 Å². The Morgan fingerprint density at radius 1 is 1.06 bits per heavy atom. The number of amides is 1. The number of thioether (sulfide) groups is 1. The number of carbonyl (C=O) groups excluding carboxylic acids is 1. The van der Waals surface area contributed by atoms with Gasteiger partial charge in [0.1, 0.15) is 0 Å². The molecule has 0 bridgehead atoms. The molecule has 168 valence electrons. The van der Waals surface area contributed by atoms with Gasteiger partial charge in [-0.1, -0.05) is 42.1 Å². The number of hydrogen-bond acceptors (Lipinski definition) is 6. The first-order valence-corrected chi connectivity index (χ1v) is 11.7. The summed E-state index contributed by atoms with van der Waals surface area (Å²) in [6.07, 6.45) is 0. The summed E-state index contributed by atoms with van der Waals surface area (Å²) >= 11 is 1.42. The number of aryl methyl sites for hydroxylation is 3. The second-order valence-corrected chi connectivity index (χ2v) is 9.38. The minimum atomic E-state index is -0.348. The SMILES string of the molecule is Cc1ccc(C)c(NC(=O)C(C)Sc2nnc(N3CCOCC3)n2-c2ccccc2C)c1. The quantitative estimate of drug-likeness (QED) is 0.568. The van der Waals surface area contributed by atoms with Crippen LogP contribution in [-0.2, 0) is 9.53 Å². The summed E-state index contributed by atoms with van der Waals surface area (Å²) in [5, 5.41) is 12.4. The number of para-hydroxylation sites is 1. The third kappa shape index (κ3) is 4.81. The highest BCUT2D eigenvalue weighted by Crippen LogP contribution is 2.31. The van der Waals surface area contributed by atoms with Gasteiger partial charge in [-0.15, -0.1) is 10.2 Å². The molecule has 1 fully saturated rings. The van der Waals surface area contributed by atoms with Crippen molar-refractivity contribution >= 4 is 29.3 Å². The summed E-state index contributed by atoms with van der Waals surface area (Å²) in [6, 6.07) is 14.2. The second kappa shape index (κ2) is 9.75. The minimum absolute atomic E-state index is 0.0593. The predicted octanol–water partition coefficient (Wildman–Crippen LogP) is 4.15. The van der Waals surface area contributed by atoms with Gasteiger partial charge in [-0.3, -0.25) is 9.36 Å². The van der Waals surface area contributed by atoms with E-state index in [1.807, 2.05) is 51.1 Å². The van der Waals surface area contributed by atoms with E-state index >= 15 is 0 Å². The molecule has 0 spiro atoms. The van der Waals surface area contributed by atoms with Crippen LogP contribution >= 0.6 is 11.8 Å². The van der Waals surface area contributed by atoms with Crippen molar-refractivity contribution in [3.63, 3.8) is 0 Å². The predicted molar refractivity (Wildman–Crippen MR) is 129 cm³/mol. The Morgan fingerprint density at radius 2 is 1.81 bits per heavy atom. The molecule has 2 aromatic carbocycles. The van der Waals surface area contributed by atoms with Gasteiger partial charge >= 0.3 is 0 Å². The van der Waals surface area contributed by atoms with Crippen molar-refractivity contribution in [2.24, 2.45) is 0 Å². The zero-order valence-corrected chi connectivity index (χ0v) is 19.8. The van der Waals surface area contributed by atoms with Gasteiger partial charge in [0.2, 0.25) is 11.9 Å². The third-order valence-corrected chi connectivity index (χ3v) is 6.61. The Balaban J connectivity index is 1.61. The van der Waals surface area contributed by atoms with Crippen LogP contribution in [0.3, 0.4) is 0 Å². The fourth-order valence-corrected chi connectivity index (χ4v) is 4.50. The summed E-state index contributed by atoms with van der Waals surface area (Å²) in [7, 11) is 0. The molecular formula is C24H29N5O2S. The summed E-state index contributed by atoms with van der Waals surface area (Å²) in [5.74, 6) is 0.725. The van der Waals surface area contributed by atoms with Crippen LogP contribution in [0.25, 0.3) is 5.69 Å². The standard InChI is InChI=1S/C24H29N5O2S/c1-16-9-10-17(2)20(15-16)25-22(30)19(4)32-24-27-26-23(28-11-13-31-14-12-28)29(24)21-8-6-5-7-18(21)3/h5-10,15,19H,11-14H2,1-4H3,(H,25,30). The molecule has 1 atom stereocenters. The molecule has 1 saturated heterocycles. The molecule has 1 N–H and O–H groups in total. The van der Waals surface area contributed by atoms with Gasteiger partial charge < -0.3 is 15.0 Å². The Hall–Kier alpha value is -2.84. The van der Waals surface area contributed by atoms with E-state index in [9.17, 15) is 4.79 Å². The first-order chi connectivity index (χ1) is 15.4. The van der Waals surface area contributed by atoms with Gasteiger partial charge in [-0.05, 0) is 56.5 Å². The average molecular weight is 452 g/mol. The average Bonchev–Trinajstić information content (AvgIpc) is 3.20. The molecule has 2 heterocycles. The monoisotopic (exact) mass is 451 g/mol. The molecule has 32 heavy (non-hydrogen) atoms. The molecule has 0 radical (unpaired) electrons. The lowest BCUT2D eigenvalue weighted by Crippen LogP contribution is -2.38. The fourth-order valence-electron chi connectivity index (χ4n) is 3.65. The van der Waals surface area contributed by atoms with Gasteiger partial charge in [0.15, 0.2) is 5.16 Å². The number of anilines is 2. The van der Waals surface area contributed by atoms with Gasteiger partial charge in [-0.2, -0.15) is 0 Å². The number of morpholine rings is 1. The van der Waals surface area contributed by atoms with E-state index < -0.39 is 0 Å². The number of benzene rings is 2. The van der Waals surface area contributed by atoms with Crippen molar-refractivity contribution in [1.82, 2.24) is 14.8 Å². The molecule has 0 aliphatic carbocycles. The molecule has 4 rings (SSSR count). The van der Waals surface area contributed by atoms with E-state index in [0.717, 1.165) is 47.1 Å². The highest BCUT2D eigenvalue weighted by molar-refractivity contribution is 8.00. The van der Waals surface area contributed by atoms with Gasteiger partial charge in [0.05, 0.1) is 24.2 Å². The molecule has 7 nitrogen and oxygen atoms in total. The van der Waals surface area contributed by atoms with Crippen molar-refractivity contribution in [3.8, 4) is 5.69 Å². The second-order valence-electron chi connectivity index (χ2n) is 8.07. The van der Waals surface area contributed by atoms with Crippen molar-refractivity contribution in [2.75, 3.05) is 36.5 Å². The maximum Gasteiger partial charge on any atom is 0.237 e. The number of ether oxygens (including phenoxy) is 1. The number of carbonyl (C=O) groups is 1. The summed E-state index contributed by atoms with van der Waals surface area (Å²) < 4.78 is 7.57. The first-order valence-electron chi connectivity index (χ1n) is 10.8. The molecule has 1 aliphatic heterocycles. The van der Waals surface area contributed by atoms with E-state index in [-0.39, 0.29) is 11.2 Å². The highest BCUT2D eigenvalue weighted by Gasteiger charge is 2.25. The van der Waals surface area contributed by atoms with Gasteiger partial charge in [-0.25, -0.2) is 0 Å². The largest absolute Gasteiger partial charge is 0.378 e. The highest BCUT2D eigenvalue weighted by atomic mass is 32.2. The van der Waals surface area contributed by atoms with E-state index in [2.05, 4.69) is 44.0 Å². The Bertz CT molecular complexity index is 1110. The lowest BCUT2D eigenvalue weighted by Gasteiger charge is -2.28. The van der Waals surface area contributed by atoms with Crippen molar-refractivity contribution in [3.05, 3.63) is 59.2 Å².